The first kappa shape index (κ1) is 15.0. The lowest BCUT2D eigenvalue weighted by molar-refractivity contribution is 0.304. The van der Waals surface area contributed by atoms with Gasteiger partial charge in [0.25, 0.3) is 0 Å². The highest BCUT2D eigenvalue weighted by Gasteiger charge is 2.07. The molecule has 0 heterocycles. The minimum Gasteiger partial charge on any atom is -0.489 e. The first-order valence-electron chi connectivity index (χ1n) is 5.79. The van der Waals surface area contributed by atoms with E-state index >= 15 is 0 Å². The molecule has 2 aromatic carbocycles. The summed E-state index contributed by atoms with van der Waals surface area (Å²) < 4.78 is 5.71. The van der Waals surface area contributed by atoms with Gasteiger partial charge < -0.3 is 4.74 Å². The Morgan fingerprint density at radius 2 is 1.85 bits per heavy atom. The molecule has 20 heavy (non-hydrogen) atoms. The van der Waals surface area contributed by atoms with E-state index in [-0.39, 0.29) is 0 Å². The molecule has 0 saturated heterocycles. The van der Waals surface area contributed by atoms with Gasteiger partial charge in [0.15, 0.2) is 0 Å². The maximum atomic E-state index is 8.79. The number of ether oxygens (including phenoxy) is 1. The van der Waals surface area contributed by atoms with E-state index < -0.39 is 0 Å². The van der Waals surface area contributed by atoms with Crippen LogP contribution in [0.4, 0.5) is 0 Å². The highest BCUT2D eigenvalue weighted by molar-refractivity contribution is 6.31. The highest BCUT2D eigenvalue weighted by atomic mass is 35.5. The van der Waals surface area contributed by atoms with E-state index in [0.29, 0.717) is 33.8 Å². The lowest BCUT2D eigenvalue weighted by atomic mass is 10.1. The Morgan fingerprint density at radius 3 is 2.50 bits per heavy atom. The van der Waals surface area contributed by atoms with E-state index in [1.807, 2.05) is 6.07 Å². The zero-order chi connectivity index (χ0) is 14.5. The van der Waals surface area contributed by atoms with E-state index in [4.69, 9.17) is 44.8 Å². The molecule has 102 valence electrons. The van der Waals surface area contributed by atoms with Crippen LogP contribution >= 0.6 is 34.8 Å². The molecule has 0 N–H and O–H groups in total. The number of halogens is 3. The van der Waals surface area contributed by atoms with Gasteiger partial charge in [-0.2, -0.15) is 5.26 Å². The molecule has 0 aliphatic heterocycles. The van der Waals surface area contributed by atoms with Crippen molar-refractivity contribution < 1.29 is 4.74 Å². The Labute approximate surface area is 132 Å². The Balaban J connectivity index is 2.15. The van der Waals surface area contributed by atoms with Crippen molar-refractivity contribution in [2.75, 3.05) is 0 Å². The van der Waals surface area contributed by atoms with Crippen LogP contribution < -0.4 is 4.74 Å². The molecular weight excluding hydrogens is 317 g/mol. The van der Waals surface area contributed by atoms with E-state index in [0.717, 1.165) is 11.1 Å². The monoisotopic (exact) mass is 325 g/mol. The normalized spacial score (nSPS) is 10.1. The molecule has 0 bridgehead atoms. The fourth-order valence-corrected chi connectivity index (χ4v) is 2.32. The lowest BCUT2D eigenvalue weighted by Crippen LogP contribution is -1.99. The van der Waals surface area contributed by atoms with Crippen LogP contribution in [0.2, 0.25) is 10.0 Å². The predicted octanol–water partition coefficient (Wildman–Crippen LogP) is 5.18. The van der Waals surface area contributed by atoms with Gasteiger partial charge in [0, 0.05) is 21.2 Å². The highest BCUT2D eigenvalue weighted by Crippen LogP contribution is 2.26. The van der Waals surface area contributed by atoms with Crippen molar-refractivity contribution in [2.24, 2.45) is 0 Å². The van der Waals surface area contributed by atoms with Crippen LogP contribution in [0.15, 0.2) is 36.4 Å². The van der Waals surface area contributed by atoms with Crippen molar-refractivity contribution in [3.8, 4) is 11.8 Å². The molecule has 0 radical (unpaired) electrons. The average Bonchev–Trinajstić information content (AvgIpc) is 2.46. The Hall–Kier alpha value is -1.40. The van der Waals surface area contributed by atoms with E-state index in [2.05, 4.69) is 0 Å². The fraction of sp³-hybridized carbons (Fsp3) is 0.133. The molecule has 2 rings (SSSR count). The predicted molar refractivity (Wildman–Crippen MR) is 81.5 cm³/mol. The molecule has 2 nitrogen and oxygen atoms in total. The van der Waals surface area contributed by atoms with Crippen molar-refractivity contribution in [3.05, 3.63) is 63.1 Å². The minimum absolute atomic E-state index is 0.302. The van der Waals surface area contributed by atoms with Crippen molar-refractivity contribution in [3.63, 3.8) is 0 Å². The summed E-state index contributed by atoms with van der Waals surface area (Å²) in [6.07, 6.45) is 0. The van der Waals surface area contributed by atoms with E-state index in [1.54, 1.807) is 36.4 Å². The Kier molecular flexibility index (Phi) is 5.14. The SMILES string of the molecule is N#Cc1ccc(COc2ccc(Cl)cc2CCl)c(Cl)c1. The molecule has 0 aliphatic carbocycles. The van der Waals surface area contributed by atoms with Crippen LogP contribution in [-0.2, 0) is 12.5 Å². The molecule has 2 aromatic rings. The fourth-order valence-electron chi connectivity index (χ4n) is 1.68. The summed E-state index contributed by atoms with van der Waals surface area (Å²) in [6, 6.07) is 12.4. The quantitative estimate of drug-likeness (QED) is 0.725. The number of hydrogen-bond acceptors (Lipinski definition) is 2. The van der Waals surface area contributed by atoms with Crippen LogP contribution in [0.5, 0.6) is 5.75 Å². The summed E-state index contributed by atoms with van der Waals surface area (Å²) in [5, 5.41) is 9.91. The maximum Gasteiger partial charge on any atom is 0.124 e. The van der Waals surface area contributed by atoms with Gasteiger partial charge in [-0.15, -0.1) is 11.6 Å². The summed E-state index contributed by atoms with van der Waals surface area (Å²) in [4.78, 5) is 0. The molecular formula is C15H10Cl3NO. The molecule has 0 amide bonds. The largest absolute Gasteiger partial charge is 0.489 e. The number of nitrogens with zero attached hydrogens (tertiary/aromatic N) is 1. The van der Waals surface area contributed by atoms with Gasteiger partial charge in [-0.1, -0.05) is 29.3 Å². The van der Waals surface area contributed by atoms with Crippen LogP contribution in [0, 0.1) is 11.3 Å². The zero-order valence-corrected chi connectivity index (χ0v) is 12.6. The summed E-state index contributed by atoms with van der Waals surface area (Å²) >= 11 is 17.9. The summed E-state index contributed by atoms with van der Waals surface area (Å²) in [6.45, 7) is 0.302. The second-order valence-electron chi connectivity index (χ2n) is 4.09. The van der Waals surface area contributed by atoms with Crippen LogP contribution in [-0.4, -0.2) is 0 Å². The molecule has 0 atom stereocenters. The second kappa shape index (κ2) is 6.85. The van der Waals surface area contributed by atoms with Crippen molar-refractivity contribution in [2.45, 2.75) is 12.5 Å². The molecule has 0 spiro atoms. The third-order valence-electron chi connectivity index (χ3n) is 2.73. The van der Waals surface area contributed by atoms with Crippen molar-refractivity contribution >= 4 is 34.8 Å². The van der Waals surface area contributed by atoms with Gasteiger partial charge in [-0.05, 0) is 30.3 Å². The molecule has 0 fully saturated rings. The molecule has 0 unspecified atom stereocenters. The molecule has 0 aliphatic rings. The average molecular weight is 327 g/mol. The first-order valence-corrected chi connectivity index (χ1v) is 7.09. The van der Waals surface area contributed by atoms with Gasteiger partial charge in [0.1, 0.15) is 12.4 Å². The van der Waals surface area contributed by atoms with Crippen LogP contribution in [0.3, 0.4) is 0 Å². The number of alkyl halides is 1. The third kappa shape index (κ3) is 3.58. The molecule has 0 saturated carbocycles. The van der Waals surface area contributed by atoms with E-state index in [9.17, 15) is 0 Å². The lowest BCUT2D eigenvalue weighted by Gasteiger charge is -2.11. The first-order chi connectivity index (χ1) is 9.63. The van der Waals surface area contributed by atoms with Gasteiger partial charge in [0.05, 0.1) is 17.5 Å². The zero-order valence-electron chi connectivity index (χ0n) is 10.4. The molecule has 0 aromatic heterocycles. The van der Waals surface area contributed by atoms with Crippen LogP contribution in [0.1, 0.15) is 16.7 Å². The van der Waals surface area contributed by atoms with Gasteiger partial charge in [0.2, 0.25) is 0 Å². The Morgan fingerprint density at radius 1 is 1.05 bits per heavy atom. The van der Waals surface area contributed by atoms with Crippen molar-refractivity contribution in [1.82, 2.24) is 0 Å². The molecule has 5 heteroatoms. The van der Waals surface area contributed by atoms with Gasteiger partial charge in [-0.25, -0.2) is 0 Å². The van der Waals surface area contributed by atoms with Gasteiger partial charge in [-0.3, -0.25) is 0 Å². The maximum absolute atomic E-state index is 8.79. The third-order valence-corrected chi connectivity index (χ3v) is 3.61. The smallest absolute Gasteiger partial charge is 0.124 e. The second-order valence-corrected chi connectivity index (χ2v) is 5.20. The number of benzene rings is 2. The van der Waals surface area contributed by atoms with E-state index in [1.165, 1.54) is 0 Å². The van der Waals surface area contributed by atoms with Gasteiger partial charge >= 0.3 is 0 Å². The minimum atomic E-state index is 0.302. The number of nitriles is 1. The van der Waals surface area contributed by atoms with Crippen molar-refractivity contribution in [1.29, 1.82) is 5.26 Å². The number of hydrogen-bond donors (Lipinski definition) is 0. The number of rotatable bonds is 4. The standard InChI is InChI=1S/C15H10Cl3NO/c16-7-12-6-13(17)3-4-15(12)20-9-11-2-1-10(8-19)5-14(11)18/h1-6H,7,9H2. The topological polar surface area (TPSA) is 33.0 Å². The van der Waals surface area contributed by atoms with Crippen LogP contribution in [0.25, 0.3) is 0 Å². The summed E-state index contributed by atoms with van der Waals surface area (Å²) in [5.74, 6) is 0.988. The summed E-state index contributed by atoms with van der Waals surface area (Å²) in [5.41, 5.74) is 2.15. The summed E-state index contributed by atoms with van der Waals surface area (Å²) in [7, 11) is 0. The Bertz CT molecular complexity index is 665.